The van der Waals surface area contributed by atoms with E-state index in [1.807, 2.05) is 12.1 Å². The molecule has 112 valence electrons. The van der Waals surface area contributed by atoms with Gasteiger partial charge in [0.15, 0.2) is 0 Å². The zero-order valence-electron chi connectivity index (χ0n) is 12.9. The van der Waals surface area contributed by atoms with Gasteiger partial charge in [-0.05, 0) is 43.2 Å². The highest BCUT2D eigenvalue weighted by atomic mass is 19.1. The maximum absolute atomic E-state index is 13.9. The molecule has 1 aliphatic rings. The Kier molecular flexibility index (Phi) is 4.82. The Morgan fingerprint density at radius 2 is 1.85 bits per heavy atom. The van der Waals surface area contributed by atoms with E-state index in [0.717, 1.165) is 18.7 Å². The Morgan fingerprint density at radius 3 is 2.40 bits per heavy atom. The van der Waals surface area contributed by atoms with E-state index in [1.54, 1.807) is 6.07 Å². The first-order valence-electron chi connectivity index (χ1n) is 7.63. The molecule has 0 saturated carbocycles. The Hall–Kier alpha value is -0.930. The van der Waals surface area contributed by atoms with Crippen molar-refractivity contribution >= 4 is 0 Å². The van der Waals surface area contributed by atoms with Gasteiger partial charge in [0.2, 0.25) is 0 Å². The minimum absolute atomic E-state index is 0.120. The van der Waals surface area contributed by atoms with Gasteiger partial charge in [-0.3, -0.25) is 4.90 Å². The molecule has 1 aliphatic heterocycles. The first-order valence-corrected chi connectivity index (χ1v) is 7.63. The molecule has 1 heterocycles. The van der Waals surface area contributed by atoms with Crippen molar-refractivity contribution in [3.8, 4) is 0 Å². The molecule has 2 rings (SSSR count). The fourth-order valence-corrected chi connectivity index (χ4v) is 3.47. The van der Waals surface area contributed by atoms with Crippen LogP contribution >= 0.6 is 0 Å². The van der Waals surface area contributed by atoms with Gasteiger partial charge in [0.1, 0.15) is 5.82 Å². The van der Waals surface area contributed by atoms with E-state index in [0.29, 0.717) is 24.8 Å². The molecule has 2 N–H and O–H groups in total. The molecule has 0 spiro atoms. The summed E-state index contributed by atoms with van der Waals surface area (Å²) in [5.41, 5.74) is 6.67. The number of likely N-dealkylation sites (tertiary alicyclic amines) is 1. The van der Waals surface area contributed by atoms with Gasteiger partial charge in [0.05, 0.1) is 0 Å². The van der Waals surface area contributed by atoms with Crippen LogP contribution in [0.25, 0.3) is 0 Å². The standard InChI is InChI=1S/C17H27FN2/c1-13-8-14(2)11-20(10-13)17(3,12-19)9-15-6-4-5-7-16(15)18/h4-7,13-14H,8-12,19H2,1-3H3. The summed E-state index contributed by atoms with van der Waals surface area (Å²) >= 11 is 0. The van der Waals surface area contributed by atoms with Crippen molar-refractivity contribution in [1.82, 2.24) is 4.90 Å². The molecular formula is C17H27FN2. The van der Waals surface area contributed by atoms with E-state index in [1.165, 1.54) is 12.5 Å². The lowest BCUT2D eigenvalue weighted by atomic mass is 9.84. The van der Waals surface area contributed by atoms with Crippen molar-refractivity contribution in [2.45, 2.75) is 39.2 Å². The summed E-state index contributed by atoms with van der Waals surface area (Å²) in [6.45, 7) is 9.44. The highest BCUT2D eigenvalue weighted by molar-refractivity contribution is 5.20. The van der Waals surface area contributed by atoms with E-state index in [9.17, 15) is 4.39 Å². The molecule has 2 nitrogen and oxygen atoms in total. The van der Waals surface area contributed by atoms with Crippen LogP contribution < -0.4 is 5.73 Å². The summed E-state index contributed by atoms with van der Waals surface area (Å²) in [5, 5.41) is 0. The fraction of sp³-hybridized carbons (Fsp3) is 0.647. The van der Waals surface area contributed by atoms with Gasteiger partial charge in [-0.25, -0.2) is 4.39 Å². The third-order valence-corrected chi connectivity index (χ3v) is 4.60. The van der Waals surface area contributed by atoms with Crippen LogP contribution in [0.15, 0.2) is 24.3 Å². The van der Waals surface area contributed by atoms with Gasteiger partial charge in [0, 0.05) is 25.2 Å². The maximum atomic E-state index is 13.9. The van der Waals surface area contributed by atoms with Crippen molar-refractivity contribution in [2.75, 3.05) is 19.6 Å². The predicted octanol–water partition coefficient (Wildman–Crippen LogP) is 3.06. The molecule has 1 fully saturated rings. The van der Waals surface area contributed by atoms with Crippen LogP contribution in [0.2, 0.25) is 0 Å². The first-order chi connectivity index (χ1) is 9.44. The molecule has 20 heavy (non-hydrogen) atoms. The van der Waals surface area contributed by atoms with Crippen molar-refractivity contribution in [2.24, 2.45) is 17.6 Å². The van der Waals surface area contributed by atoms with Crippen molar-refractivity contribution < 1.29 is 4.39 Å². The third kappa shape index (κ3) is 3.39. The van der Waals surface area contributed by atoms with Gasteiger partial charge in [0.25, 0.3) is 0 Å². The Morgan fingerprint density at radius 1 is 1.25 bits per heavy atom. The number of nitrogens with two attached hydrogens (primary N) is 1. The van der Waals surface area contributed by atoms with E-state index in [2.05, 4.69) is 25.7 Å². The highest BCUT2D eigenvalue weighted by Crippen LogP contribution is 2.29. The Bertz CT molecular complexity index is 438. The lowest BCUT2D eigenvalue weighted by Gasteiger charge is -2.46. The van der Waals surface area contributed by atoms with Crippen LogP contribution in [0, 0.1) is 17.7 Å². The number of rotatable bonds is 4. The molecule has 0 bridgehead atoms. The van der Waals surface area contributed by atoms with Crippen molar-refractivity contribution in [1.29, 1.82) is 0 Å². The van der Waals surface area contributed by atoms with Crippen LogP contribution in [0.4, 0.5) is 4.39 Å². The molecule has 0 aliphatic carbocycles. The highest BCUT2D eigenvalue weighted by Gasteiger charge is 2.35. The van der Waals surface area contributed by atoms with Gasteiger partial charge in [-0.15, -0.1) is 0 Å². The summed E-state index contributed by atoms with van der Waals surface area (Å²) in [7, 11) is 0. The predicted molar refractivity (Wildman–Crippen MR) is 82.1 cm³/mol. The maximum Gasteiger partial charge on any atom is 0.126 e. The smallest absolute Gasteiger partial charge is 0.126 e. The van der Waals surface area contributed by atoms with Crippen molar-refractivity contribution in [3.63, 3.8) is 0 Å². The largest absolute Gasteiger partial charge is 0.329 e. The van der Waals surface area contributed by atoms with Gasteiger partial charge < -0.3 is 5.73 Å². The average Bonchev–Trinajstić information content (AvgIpc) is 2.40. The number of halogens is 1. The molecule has 1 saturated heterocycles. The second-order valence-corrected chi connectivity index (χ2v) is 6.82. The van der Waals surface area contributed by atoms with Crippen LogP contribution in [0.1, 0.15) is 32.8 Å². The SMILES string of the molecule is CC1CC(C)CN(C(C)(CN)Cc2ccccc2F)C1. The second kappa shape index (κ2) is 6.23. The van der Waals surface area contributed by atoms with Crippen LogP contribution in [0.5, 0.6) is 0 Å². The normalized spacial score (nSPS) is 27.2. The van der Waals surface area contributed by atoms with Crippen LogP contribution in [0.3, 0.4) is 0 Å². The van der Waals surface area contributed by atoms with E-state index < -0.39 is 0 Å². The number of hydrogen-bond donors (Lipinski definition) is 1. The topological polar surface area (TPSA) is 29.3 Å². The monoisotopic (exact) mass is 278 g/mol. The number of nitrogens with zero attached hydrogens (tertiary/aromatic N) is 1. The van der Waals surface area contributed by atoms with Crippen LogP contribution in [-0.2, 0) is 6.42 Å². The number of piperidine rings is 1. The molecule has 0 radical (unpaired) electrons. The minimum atomic E-state index is -0.162. The van der Waals surface area contributed by atoms with Gasteiger partial charge in [-0.1, -0.05) is 32.0 Å². The summed E-state index contributed by atoms with van der Waals surface area (Å²) in [5.74, 6) is 1.25. The van der Waals surface area contributed by atoms with Gasteiger partial charge >= 0.3 is 0 Å². The Labute approximate surface area is 122 Å². The zero-order valence-corrected chi connectivity index (χ0v) is 12.9. The summed E-state index contributed by atoms with van der Waals surface area (Å²) in [4.78, 5) is 2.47. The average molecular weight is 278 g/mol. The molecule has 0 aromatic heterocycles. The van der Waals surface area contributed by atoms with Crippen molar-refractivity contribution in [3.05, 3.63) is 35.6 Å². The fourth-order valence-electron chi connectivity index (χ4n) is 3.47. The zero-order chi connectivity index (χ0) is 14.8. The molecule has 1 aromatic carbocycles. The van der Waals surface area contributed by atoms with Crippen LogP contribution in [-0.4, -0.2) is 30.1 Å². The molecule has 1 aromatic rings. The van der Waals surface area contributed by atoms with E-state index in [-0.39, 0.29) is 11.4 Å². The van der Waals surface area contributed by atoms with E-state index in [4.69, 9.17) is 5.73 Å². The lowest BCUT2D eigenvalue weighted by molar-refractivity contribution is 0.0394. The Balaban J connectivity index is 2.18. The molecule has 3 atom stereocenters. The number of hydrogen-bond acceptors (Lipinski definition) is 2. The molecular weight excluding hydrogens is 251 g/mol. The lowest BCUT2D eigenvalue weighted by Crippen LogP contribution is -2.57. The quantitative estimate of drug-likeness (QED) is 0.917. The first kappa shape index (κ1) is 15.5. The van der Waals surface area contributed by atoms with Gasteiger partial charge in [-0.2, -0.15) is 0 Å². The third-order valence-electron chi connectivity index (χ3n) is 4.60. The van der Waals surface area contributed by atoms with E-state index >= 15 is 0 Å². The molecule has 0 amide bonds. The second-order valence-electron chi connectivity index (χ2n) is 6.82. The molecule has 3 heteroatoms. The minimum Gasteiger partial charge on any atom is -0.329 e. The summed E-state index contributed by atoms with van der Waals surface area (Å²) in [6, 6.07) is 7.05. The molecule has 3 unspecified atom stereocenters. The summed E-state index contributed by atoms with van der Waals surface area (Å²) < 4.78 is 13.9. The number of benzene rings is 1. The summed E-state index contributed by atoms with van der Waals surface area (Å²) in [6.07, 6.45) is 1.95.